The molecule has 3 aromatic rings. The van der Waals surface area contributed by atoms with Crippen molar-refractivity contribution in [1.82, 2.24) is 0 Å². The molecule has 0 spiro atoms. The van der Waals surface area contributed by atoms with E-state index in [1.165, 1.54) is 102 Å². The van der Waals surface area contributed by atoms with Gasteiger partial charge in [0.05, 0.1) is 31.5 Å². The van der Waals surface area contributed by atoms with Gasteiger partial charge in [-0.3, -0.25) is 10.1 Å². The fourth-order valence-electron chi connectivity index (χ4n) is 5.23. The Hall–Kier alpha value is -2.52. The lowest BCUT2D eigenvalue weighted by molar-refractivity contribution is -0.385. The summed E-state index contributed by atoms with van der Waals surface area (Å²) in [4.78, 5) is 10.7. The summed E-state index contributed by atoms with van der Waals surface area (Å²) in [7, 11) is 0. The summed E-state index contributed by atoms with van der Waals surface area (Å²) in [5.74, 6) is 0.782. The molecule has 0 bridgehead atoms. The Balaban J connectivity index is 1.42. The molecule has 0 saturated carbocycles. The lowest BCUT2D eigenvalue weighted by Gasteiger charge is -2.12. The van der Waals surface area contributed by atoms with Crippen LogP contribution in [0.5, 0.6) is 11.5 Å². The molecule has 0 saturated heterocycles. The first kappa shape index (κ1) is 35.0. The van der Waals surface area contributed by atoms with Gasteiger partial charge in [0, 0.05) is 17.5 Å². The molecular formula is C34H45Br2N3O4. The molecule has 234 valence electrons. The number of halogens is 2. The predicted molar refractivity (Wildman–Crippen MR) is 183 cm³/mol. The molecule has 0 aliphatic carbocycles. The van der Waals surface area contributed by atoms with E-state index < -0.39 is 4.92 Å². The topological polar surface area (TPSA) is 97.3 Å². The van der Waals surface area contributed by atoms with Crippen molar-refractivity contribution in [2.24, 2.45) is 10.2 Å². The number of rotatable bonds is 21. The normalized spacial score (nSPS) is 11.5. The molecule has 1 N–H and O–H groups in total. The van der Waals surface area contributed by atoms with Crippen molar-refractivity contribution in [3.8, 4) is 11.5 Å². The third-order valence-corrected chi connectivity index (χ3v) is 8.89. The van der Waals surface area contributed by atoms with Crippen LogP contribution in [0, 0.1) is 10.1 Å². The van der Waals surface area contributed by atoms with Gasteiger partial charge in [0.2, 0.25) is 0 Å². The summed E-state index contributed by atoms with van der Waals surface area (Å²) in [6.07, 6.45) is 21.2. The predicted octanol–water partition coefficient (Wildman–Crippen LogP) is 13.0. The molecule has 0 unspecified atom stereocenters. The highest BCUT2D eigenvalue weighted by Gasteiger charge is 2.15. The van der Waals surface area contributed by atoms with Crippen molar-refractivity contribution >= 4 is 59.7 Å². The first-order chi connectivity index (χ1) is 20.9. The summed E-state index contributed by atoms with van der Waals surface area (Å²) < 4.78 is 7.06. The fourth-order valence-corrected chi connectivity index (χ4v) is 6.55. The molecule has 0 heterocycles. The maximum Gasteiger partial charge on any atom is 0.271 e. The summed E-state index contributed by atoms with van der Waals surface area (Å²) in [5.41, 5.74) is 0.906. The number of nitro benzene ring substituents is 1. The van der Waals surface area contributed by atoms with Crippen LogP contribution in [0.4, 0.5) is 17.1 Å². The highest BCUT2D eigenvalue weighted by atomic mass is 79.9. The van der Waals surface area contributed by atoms with E-state index in [9.17, 15) is 15.2 Å². The monoisotopic (exact) mass is 717 g/mol. The summed E-state index contributed by atoms with van der Waals surface area (Å²) in [5, 5.41) is 31.7. The zero-order valence-corrected chi connectivity index (χ0v) is 28.5. The number of hydrogen-bond donors (Lipinski definition) is 1. The van der Waals surface area contributed by atoms with Crippen molar-refractivity contribution in [2.45, 2.75) is 110 Å². The van der Waals surface area contributed by atoms with Crippen LogP contribution in [0.2, 0.25) is 0 Å². The van der Waals surface area contributed by atoms with E-state index in [0.717, 1.165) is 12.8 Å². The number of phenolic OH excluding ortho intramolecular Hbond substituents is 1. The lowest BCUT2D eigenvalue weighted by atomic mass is 10.0. The van der Waals surface area contributed by atoms with Crippen LogP contribution in [0.1, 0.15) is 110 Å². The van der Waals surface area contributed by atoms with E-state index >= 15 is 0 Å². The van der Waals surface area contributed by atoms with Crippen molar-refractivity contribution in [2.75, 3.05) is 6.61 Å². The van der Waals surface area contributed by atoms with Gasteiger partial charge in [-0.25, -0.2) is 0 Å². The number of phenols is 1. The van der Waals surface area contributed by atoms with Crippen LogP contribution < -0.4 is 4.74 Å². The Morgan fingerprint density at radius 3 is 1.84 bits per heavy atom. The van der Waals surface area contributed by atoms with Gasteiger partial charge in [0.15, 0.2) is 0 Å². The smallest absolute Gasteiger partial charge is 0.271 e. The second kappa shape index (κ2) is 19.7. The number of nitrogens with zero attached hydrogens (tertiary/aromatic N) is 3. The third kappa shape index (κ3) is 11.8. The van der Waals surface area contributed by atoms with Gasteiger partial charge in [-0.2, -0.15) is 0 Å². The standard InChI is InChI=1S/C34H45Br2N3O4/c1-2-3-4-5-6-7-8-9-10-11-12-13-14-15-16-17-23-43-32-20-18-19-27-31(40)22-21-30(33(27)32)37-38-34-28(35)24-26(39(41)42)25-29(34)36/h18-22,24-25,40H,2-17,23H2,1H3. The van der Waals surface area contributed by atoms with E-state index in [2.05, 4.69) is 49.0 Å². The fraction of sp³-hybridized carbons (Fsp3) is 0.529. The molecule has 0 aromatic heterocycles. The van der Waals surface area contributed by atoms with Gasteiger partial charge in [-0.1, -0.05) is 115 Å². The quantitative estimate of drug-likeness (QED) is 0.0513. The summed E-state index contributed by atoms with van der Waals surface area (Å²) >= 11 is 6.71. The minimum absolute atomic E-state index is 0.0578. The van der Waals surface area contributed by atoms with E-state index in [1.807, 2.05) is 18.2 Å². The number of ether oxygens (including phenoxy) is 1. The molecule has 7 nitrogen and oxygen atoms in total. The Bertz CT molecular complexity index is 1310. The van der Waals surface area contributed by atoms with Crippen LogP contribution in [0.25, 0.3) is 10.8 Å². The van der Waals surface area contributed by atoms with Gasteiger partial charge in [-0.05, 0) is 56.5 Å². The number of azo groups is 1. The second-order valence-electron chi connectivity index (χ2n) is 11.1. The number of fused-ring (bicyclic) bond motifs is 1. The molecule has 9 heteroatoms. The largest absolute Gasteiger partial charge is 0.507 e. The van der Waals surface area contributed by atoms with Crippen molar-refractivity contribution in [1.29, 1.82) is 0 Å². The van der Waals surface area contributed by atoms with Crippen LogP contribution in [0.15, 0.2) is 61.6 Å². The molecule has 0 aliphatic rings. The Morgan fingerprint density at radius 1 is 0.767 bits per heavy atom. The minimum atomic E-state index is -0.465. The molecule has 3 aromatic carbocycles. The van der Waals surface area contributed by atoms with Gasteiger partial charge < -0.3 is 9.84 Å². The van der Waals surface area contributed by atoms with E-state index in [-0.39, 0.29) is 11.4 Å². The molecule has 0 atom stereocenters. The van der Waals surface area contributed by atoms with Crippen molar-refractivity contribution < 1.29 is 14.8 Å². The highest BCUT2D eigenvalue weighted by Crippen LogP contribution is 2.42. The molecule has 0 radical (unpaired) electrons. The Labute approximate surface area is 272 Å². The molecule has 0 fully saturated rings. The van der Waals surface area contributed by atoms with E-state index in [1.54, 1.807) is 12.1 Å². The van der Waals surface area contributed by atoms with Crippen LogP contribution in [-0.2, 0) is 0 Å². The number of unbranched alkanes of at least 4 members (excludes halogenated alkanes) is 15. The van der Waals surface area contributed by atoms with Gasteiger partial charge >= 0.3 is 0 Å². The van der Waals surface area contributed by atoms with Gasteiger partial charge in [0.1, 0.15) is 17.2 Å². The number of benzene rings is 3. The minimum Gasteiger partial charge on any atom is -0.507 e. The Kier molecular flexibility index (Phi) is 16.0. The summed E-state index contributed by atoms with van der Waals surface area (Å²) in [6.45, 7) is 2.86. The molecular weight excluding hydrogens is 674 g/mol. The molecule has 0 aliphatic heterocycles. The highest BCUT2D eigenvalue weighted by molar-refractivity contribution is 9.11. The molecule has 0 amide bonds. The Morgan fingerprint density at radius 2 is 1.30 bits per heavy atom. The first-order valence-corrected chi connectivity index (χ1v) is 17.4. The third-order valence-electron chi connectivity index (χ3n) is 7.68. The lowest BCUT2D eigenvalue weighted by Crippen LogP contribution is -1.98. The number of nitro groups is 1. The SMILES string of the molecule is CCCCCCCCCCCCCCCCCCOc1cccc2c(O)ccc(N=Nc3c(Br)cc([N+](=O)[O-])cc3Br)c12. The average Bonchev–Trinajstić information content (AvgIpc) is 2.99. The number of non-ortho nitro benzene ring substituents is 1. The average molecular weight is 720 g/mol. The van der Waals surface area contributed by atoms with Crippen LogP contribution in [0.3, 0.4) is 0 Å². The van der Waals surface area contributed by atoms with Gasteiger partial charge in [-0.15, -0.1) is 10.2 Å². The maximum absolute atomic E-state index is 11.1. The van der Waals surface area contributed by atoms with E-state index in [0.29, 0.717) is 43.4 Å². The van der Waals surface area contributed by atoms with Crippen LogP contribution in [-0.4, -0.2) is 16.6 Å². The van der Waals surface area contributed by atoms with Gasteiger partial charge in [0.25, 0.3) is 5.69 Å². The first-order valence-electron chi connectivity index (χ1n) is 15.8. The van der Waals surface area contributed by atoms with Crippen LogP contribution >= 0.6 is 31.9 Å². The number of hydrogen-bond acceptors (Lipinski definition) is 6. The van der Waals surface area contributed by atoms with E-state index in [4.69, 9.17) is 4.74 Å². The van der Waals surface area contributed by atoms with Crippen molar-refractivity contribution in [3.63, 3.8) is 0 Å². The second-order valence-corrected chi connectivity index (χ2v) is 12.9. The zero-order chi connectivity index (χ0) is 30.9. The summed E-state index contributed by atoms with van der Waals surface area (Å²) in [6, 6.07) is 11.6. The van der Waals surface area contributed by atoms with Crippen molar-refractivity contribution in [3.05, 3.63) is 61.5 Å². The maximum atomic E-state index is 11.1. The molecule has 43 heavy (non-hydrogen) atoms. The zero-order valence-electron chi connectivity index (χ0n) is 25.3. The number of aromatic hydroxyl groups is 1. The molecule has 3 rings (SSSR count).